The smallest absolute Gasteiger partial charge is 0.339 e. The Morgan fingerprint density at radius 3 is 2.60 bits per heavy atom. The Bertz CT molecular complexity index is 1080. The number of aromatic carboxylic acids is 1. The van der Waals surface area contributed by atoms with Crippen LogP contribution in [0.1, 0.15) is 15.9 Å². The van der Waals surface area contributed by atoms with Crippen molar-refractivity contribution in [3.8, 4) is 11.5 Å². The lowest BCUT2D eigenvalue weighted by Crippen LogP contribution is -2.36. The van der Waals surface area contributed by atoms with Crippen molar-refractivity contribution in [2.45, 2.75) is 0 Å². The number of nitrogens with zero attached hydrogens (tertiary/aromatic N) is 1. The fourth-order valence-corrected chi connectivity index (χ4v) is 3.53. The van der Waals surface area contributed by atoms with Crippen molar-refractivity contribution in [2.75, 3.05) is 19.0 Å². The minimum absolute atomic E-state index is 0.124. The number of anilines is 1. The molecule has 1 aliphatic heterocycles. The predicted molar refractivity (Wildman–Crippen MR) is 109 cm³/mol. The molecule has 2 aromatic carbocycles. The van der Waals surface area contributed by atoms with E-state index in [9.17, 15) is 24.3 Å². The first-order chi connectivity index (χ1) is 14.3. The number of para-hydroxylation sites is 1. The number of imide groups is 1. The Morgan fingerprint density at radius 1 is 1.20 bits per heavy atom. The molecular weight excluding hydrogens is 412 g/mol. The minimum atomic E-state index is -1.31. The molecule has 10 heteroatoms. The van der Waals surface area contributed by atoms with Crippen LogP contribution >= 0.6 is 11.8 Å². The molecule has 1 aliphatic rings. The molecule has 0 spiro atoms. The van der Waals surface area contributed by atoms with Crippen LogP contribution in [0.2, 0.25) is 0 Å². The summed E-state index contributed by atoms with van der Waals surface area (Å²) >= 11 is 0.709. The van der Waals surface area contributed by atoms with E-state index in [1.54, 1.807) is 24.3 Å². The van der Waals surface area contributed by atoms with Crippen molar-refractivity contribution < 1.29 is 34.1 Å². The van der Waals surface area contributed by atoms with Crippen molar-refractivity contribution in [3.05, 3.63) is 58.5 Å². The second-order valence-electron chi connectivity index (χ2n) is 6.10. The topological polar surface area (TPSA) is 133 Å². The average molecular weight is 428 g/mol. The highest BCUT2D eigenvalue weighted by atomic mass is 32.2. The number of methoxy groups -OCH3 is 1. The summed E-state index contributed by atoms with van der Waals surface area (Å²) in [5.74, 6) is -2.60. The molecule has 1 heterocycles. The lowest BCUT2D eigenvalue weighted by atomic mass is 10.2. The molecule has 1 saturated heterocycles. The largest absolute Gasteiger partial charge is 0.507 e. The number of carboxylic acids is 1. The molecule has 3 rings (SSSR count). The molecule has 30 heavy (non-hydrogen) atoms. The van der Waals surface area contributed by atoms with Gasteiger partial charge in [-0.25, -0.2) is 4.79 Å². The zero-order valence-corrected chi connectivity index (χ0v) is 16.4. The number of nitrogens with one attached hydrogen (secondary N) is 1. The van der Waals surface area contributed by atoms with Crippen molar-refractivity contribution >= 4 is 46.5 Å². The maximum absolute atomic E-state index is 12.6. The van der Waals surface area contributed by atoms with Crippen LogP contribution in [0, 0.1) is 0 Å². The third-order valence-corrected chi connectivity index (χ3v) is 5.02. The number of ether oxygens (including phenoxy) is 1. The monoisotopic (exact) mass is 428 g/mol. The molecule has 154 valence electrons. The molecule has 0 unspecified atom stereocenters. The summed E-state index contributed by atoms with van der Waals surface area (Å²) in [6.07, 6.45) is 1.52. The van der Waals surface area contributed by atoms with Gasteiger partial charge in [0, 0.05) is 17.3 Å². The van der Waals surface area contributed by atoms with Gasteiger partial charge >= 0.3 is 5.97 Å². The third-order valence-electron chi connectivity index (χ3n) is 4.11. The van der Waals surface area contributed by atoms with E-state index in [0.717, 1.165) is 17.0 Å². The van der Waals surface area contributed by atoms with E-state index in [0.29, 0.717) is 23.1 Å². The van der Waals surface area contributed by atoms with Crippen molar-refractivity contribution in [2.24, 2.45) is 0 Å². The summed E-state index contributed by atoms with van der Waals surface area (Å²) in [7, 11) is 1.49. The number of aromatic hydroxyl groups is 1. The average Bonchev–Trinajstić information content (AvgIpc) is 2.95. The summed E-state index contributed by atoms with van der Waals surface area (Å²) in [6, 6.07) is 10.5. The second-order valence-corrected chi connectivity index (χ2v) is 7.09. The van der Waals surface area contributed by atoms with E-state index in [-0.39, 0.29) is 16.2 Å². The number of rotatable bonds is 6. The Labute approximate surface area is 174 Å². The Morgan fingerprint density at radius 2 is 1.93 bits per heavy atom. The first-order valence-electron chi connectivity index (χ1n) is 8.54. The van der Waals surface area contributed by atoms with Gasteiger partial charge < -0.3 is 20.3 Å². The zero-order valence-electron chi connectivity index (χ0n) is 15.6. The number of amides is 3. The summed E-state index contributed by atoms with van der Waals surface area (Å²) in [6.45, 7) is -0.532. The zero-order chi connectivity index (χ0) is 21.8. The molecule has 2 aromatic rings. The van der Waals surface area contributed by atoms with Gasteiger partial charge in [0.1, 0.15) is 23.6 Å². The van der Waals surface area contributed by atoms with Crippen LogP contribution in [0.25, 0.3) is 6.08 Å². The van der Waals surface area contributed by atoms with Crippen molar-refractivity contribution in [1.29, 1.82) is 0 Å². The van der Waals surface area contributed by atoms with Gasteiger partial charge in [0.2, 0.25) is 5.91 Å². The molecule has 3 N–H and O–H groups in total. The normalized spacial score (nSPS) is 14.8. The summed E-state index contributed by atoms with van der Waals surface area (Å²) in [5, 5.41) is 20.4. The molecule has 0 bridgehead atoms. The summed E-state index contributed by atoms with van der Waals surface area (Å²) in [4.78, 5) is 48.9. The van der Waals surface area contributed by atoms with Crippen molar-refractivity contribution in [3.63, 3.8) is 0 Å². The quantitative estimate of drug-likeness (QED) is 0.598. The van der Waals surface area contributed by atoms with E-state index in [1.807, 2.05) is 0 Å². The predicted octanol–water partition coefficient (Wildman–Crippen LogP) is 2.77. The lowest BCUT2D eigenvalue weighted by molar-refractivity contribution is -0.127. The molecule has 0 saturated carbocycles. The van der Waals surface area contributed by atoms with Crippen LogP contribution in [0.5, 0.6) is 11.5 Å². The molecule has 0 radical (unpaired) electrons. The van der Waals surface area contributed by atoms with Gasteiger partial charge in [-0.15, -0.1) is 0 Å². The Kier molecular flexibility index (Phi) is 6.07. The third kappa shape index (κ3) is 4.44. The maximum atomic E-state index is 12.6. The molecule has 0 atom stereocenters. The number of thioether (sulfide) groups is 1. The standard InChI is InChI=1S/C20H16N2O7S/c1-29-15-5-3-2-4-11(15)8-16-18(25)22(20(28)30-16)10-17(24)21-12-6-7-13(19(26)27)14(23)9-12/h2-9,23H,10H2,1H3,(H,21,24)(H,26,27)/b16-8-. The maximum Gasteiger partial charge on any atom is 0.339 e. The van der Waals surface area contributed by atoms with Crippen LogP contribution in [0.3, 0.4) is 0 Å². The van der Waals surface area contributed by atoms with Gasteiger partial charge in [-0.1, -0.05) is 18.2 Å². The number of carboxylic acid groups (broad SMARTS) is 1. The fourth-order valence-electron chi connectivity index (χ4n) is 2.70. The molecule has 0 aliphatic carbocycles. The van der Waals surface area contributed by atoms with Crippen molar-refractivity contribution in [1.82, 2.24) is 4.90 Å². The van der Waals surface area contributed by atoms with E-state index >= 15 is 0 Å². The van der Waals surface area contributed by atoms with E-state index < -0.39 is 35.3 Å². The van der Waals surface area contributed by atoms with Gasteiger partial charge in [-0.05, 0) is 36.0 Å². The summed E-state index contributed by atoms with van der Waals surface area (Å²) < 4.78 is 5.22. The molecule has 9 nitrogen and oxygen atoms in total. The number of hydrogen-bond donors (Lipinski definition) is 3. The first-order valence-corrected chi connectivity index (χ1v) is 9.36. The van der Waals surface area contributed by atoms with Gasteiger partial charge in [-0.3, -0.25) is 19.3 Å². The highest BCUT2D eigenvalue weighted by molar-refractivity contribution is 8.18. The SMILES string of the molecule is COc1ccccc1/C=C1\SC(=O)N(CC(=O)Nc2ccc(C(=O)O)c(O)c2)C1=O. The van der Waals surface area contributed by atoms with Crippen LogP contribution in [0.4, 0.5) is 10.5 Å². The van der Waals surface area contributed by atoms with E-state index in [2.05, 4.69) is 5.32 Å². The minimum Gasteiger partial charge on any atom is -0.507 e. The van der Waals surface area contributed by atoms with Crippen LogP contribution < -0.4 is 10.1 Å². The number of carbonyl (C=O) groups is 4. The van der Waals surface area contributed by atoms with Gasteiger partial charge in [0.25, 0.3) is 11.1 Å². The molecular formula is C20H16N2O7S. The summed E-state index contributed by atoms with van der Waals surface area (Å²) in [5.41, 5.74) is 0.420. The fraction of sp³-hybridized carbons (Fsp3) is 0.100. The Balaban J connectivity index is 1.71. The highest BCUT2D eigenvalue weighted by Gasteiger charge is 2.36. The first kappa shape index (κ1) is 20.9. The van der Waals surface area contributed by atoms with Crippen LogP contribution in [0.15, 0.2) is 47.4 Å². The Hall–Kier alpha value is -3.79. The molecule has 3 amide bonds. The molecule has 0 aromatic heterocycles. The number of hydrogen-bond acceptors (Lipinski definition) is 7. The van der Waals surface area contributed by atoms with Gasteiger partial charge in [0.05, 0.1) is 12.0 Å². The lowest BCUT2D eigenvalue weighted by Gasteiger charge is -2.13. The number of benzene rings is 2. The van der Waals surface area contributed by atoms with Crippen LogP contribution in [-0.2, 0) is 9.59 Å². The van der Waals surface area contributed by atoms with E-state index in [4.69, 9.17) is 9.84 Å². The number of carbonyl (C=O) groups excluding carboxylic acids is 3. The highest BCUT2D eigenvalue weighted by Crippen LogP contribution is 2.33. The number of phenols is 1. The van der Waals surface area contributed by atoms with E-state index in [1.165, 1.54) is 19.3 Å². The van der Waals surface area contributed by atoms with Crippen LogP contribution in [-0.4, -0.2) is 51.8 Å². The molecule has 1 fully saturated rings. The van der Waals surface area contributed by atoms with Gasteiger partial charge in [0.15, 0.2) is 0 Å². The second kappa shape index (κ2) is 8.70. The van der Waals surface area contributed by atoms with Gasteiger partial charge in [-0.2, -0.15) is 0 Å².